The zero-order valence-electron chi connectivity index (χ0n) is 11.1. The van der Waals surface area contributed by atoms with Gasteiger partial charge in [-0.2, -0.15) is 0 Å². The van der Waals surface area contributed by atoms with Crippen molar-refractivity contribution in [2.24, 2.45) is 0 Å². The van der Waals surface area contributed by atoms with Crippen molar-refractivity contribution in [3.63, 3.8) is 0 Å². The smallest absolute Gasteiger partial charge is 0.328 e. The van der Waals surface area contributed by atoms with Crippen LogP contribution in [0.5, 0.6) is 0 Å². The number of carbonyl (C=O) groups excluding carboxylic acids is 2. The average Bonchev–Trinajstić information content (AvgIpc) is 2.48. The second-order valence-corrected chi connectivity index (χ2v) is 5.09. The Kier molecular flexibility index (Phi) is 4.60. The van der Waals surface area contributed by atoms with Crippen molar-refractivity contribution >= 4 is 23.5 Å². The van der Waals surface area contributed by atoms with Crippen LogP contribution in [0.15, 0.2) is 18.2 Å². The molecular weight excluding hydrogens is 285 g/mol. The van der Waals surface area contributed by atoms with E-state index in [1.165, 1.54) is 24.1 Å². The van der Waals surface area contributed by atoms with Crippen molar-refractivity contribution in [2.45, 2.75) is 25.3 Å². The lowest BCUT2D eigenvalue weighted by Gasteiger charge is -2.33. The predicted octanol–water partition coefficient (Wildman–Crippen LogP) is 2.65. The molecule has 1 saturated heterocycles. The Balaban J connectivity index is 2.30. The largest absolute Gasteiger partial charge is 0.467 e. The minimum Gasteiger partial charge on any atom is -0.467 e. The van der Waals surface area contributed by atoms with Crippen molar-refractivity contribution in [2.75, 3.05) is 13.7 Å². The summed E-state index contributed by atoms with van der Waals surface area (Å²) in [5.74, 6) is -1.64. The lowest BCUT2D eigenvalue weighted by atomic mass is 10.0. The first-order chi connectivity index (χ1) is 9.54. The molecule has 0 unspecified atom stereocenters. The summed E-state index contributed by atoms with van der Waals surface area (Å²) in [7, 11) is 1.28. The molecule has 0 aliphatic carbocycles. The highest BCUT2D eigenvalue weighted by atomic mass is 35.5. The molecule has 1 aliphatic rings. The van der Waals surface area contributed by atoms with E-state index in [9.17, 15) is 14.0 Å². The molecule has 1 aliphatic heterocycles. The molecule has 1 fully saturated rings. The highest BCUT2D eigenvalue weighted by Crippen LogP contribution is 2.23. The van der Waals surface area contributed by atoms with Crippen LogP contribution < -0.4 is 0 Å². The molecule has 1 atom stereocenters. The summed E-state index contributed by atoms with van der Waals surface area (Å²) in [5, 5.41) is 0.279. The summed E-state index contributed by atoms with van der Waals surface area (Å²) in [6.07, 6.45) is 2.14. The van der Waals surface area contributed by atoms with Crippen LogP contribution in [0.4, 0.5) is 4.39 Å². The third kappa shape index (κ3) is 2.93. The van der Waals surface area contributed by atoms with E-state index in [0.717, 1.165) is 18.9 Å². The monoisotopic (exact) mass is 299 g/mol. The minimum absolute atomic E-state index is 0.117. The topological polar surface area (TPSA) is 46.6 Å². The Labute approximate surface area is 121 Å². The van der Waals surface area contributed by atoms with Gasteiger partial charge in [0.1, 0.15) is 11.9 Å². The van der Waals surface area contributed by atoms with Gasteiger partial charge in [-0.15, -0.1) is 0 Å². The van der Waals surface area contributed by atoms with Crippen LogP contribution >= 0.6 is 11.6 Å². The Morgan fingerprint density at radius 2 is 2.15 bits per heavy atom. The number of halogens is 2. The Bertz CT molecular complexity index is 535. The van der Waals surface area contributed by atoms with Crippen LogP contribution in [0.25, 0.3) is 0 Å². The van der Waals surface area contributed by atoms with Gasteiger partial charge in [0.05, 0.1) is 12.7 Å². The zero-order chi connectivity index (χ0) is 14.7. The van der Waals surface area contributed by atoms with E-state index < -0.39 is 23.7 Å². The molecule has 2 rings (SSSR count). The van der Waals surface area contributed by atoms with Gasteiger partial charge in [-0.1, -0.05) is 11.6 Å². The van der Waals surface area contributed by atoms with E-state index in [-0.39, 0.29) is 10.6 Å². The summed E-state index contributed by atoms with van der Waals surface area (Å²) < 4.78 is 18.5. The van der Waals surface area contributed by atoms with Gasteiger partial charge in [0, 0.05) is 11.6 Å². The molecule has 0 aromatic heterocycles. The van der Waals surface area contributed by atoms with E-state index in [1.54, 1.807) is 0 Å². The summed E-state index contributed by atoms with van der Waals surface area (Å²) >= 11 is 5.80. The lowest BCUT2D eigenvalue weighted by Crippen LogP contribution is -2.48. The number of amides is 1. The lowest BCUT2D eigenvalue weighted by molar-refractivity contribution is -0.147. The van der Waals surface area contributed by atoms with Crippen molar-refractivity contribution in [3.05, 3.63) is 34.6 Å². The zero-order valence-corrected chi connectivity index (χ0v) is 11.8. The van der Waals surface area contributed by atoms with E-state index in [0.29, 0.717) is 13.0 Å². The summed E-state index contributed by atoms with van der Waals surface area (Å²) in [5.41, 5.74) is -0.117. The predicted molar refractivity (Wildman–Crippen MR) is 72.1 cm³/mol. The van der Waals surface area contributed by atoms with Crippen LogP contribution in [-0.2, 0) is 9.53 Å². The molecule has 1 amide bonds. The molecule has 4 nitrogen and oxygen atoms in total. The quantitative estimate of drug-likeness (QED) is 0.789. The van der Waals surface area contributed by atoms with Gasteiger partial charge in [-0.05, 0) is 37.5 Å². The van der Waals surface area contributed by atoms with E-state index in [1.807, 2.05) is 0 Å². The fourth-order valence-electron chi connectivity index (χ4n) is 2.37. The van der Waals surface area contributed by atoms with Gasteiger partial charge < -0.3 is 9.64 Å². The first-order valence-electron chi connectivity index (χ1n) is 6.38. The number of nitrogens with zero attached hydrogens (tertiary/aromatic N) is 1. The highest BCUT2D eigenvalue weighted by molar-refractivity contribution is 6.31. The first-order valence-corrected chi connectivity index (χ1v) is 6.76. The maximum atomic E-state index is 13.8. The molecule has 1 aromatic rings. The third-order valence-electron chi connectivity index (χ3n) is 3.40. The number of hydrogen-bond donors (Lipinski definition) is 0. The number of hydrogen-bond acceptors (Lipinski definition) is 3. The van der Waals surface area contributed by atoms with Gasteiger partial charge in [-0.25, -0.2) is 9.18 Å². The van der Waals surface area contributed by atoms with Crippen molar-refractivity contribution in [1.82, 2.24) is 4.90 Å². The molecule has 0 spiro atoms. The minimum atomic E-state index is -0.653. The van der Waals surface area contributed by atoms with Crippen molar-refractivity contribution < 1.29 is 18.7 Å². The maximum Gasteiger partial charge on any atom is 0.328 e. The van der Waals surface area contributed by atoms with Gasteiger partial charge in [0.2, 0.25) is 0 Å². The fraction of sp³-hybridized carbons (Fsp3) is 0.429. The second kappa shape index (κ2) is 6.22. The fourth-order valence-corrected chi connectivity index (χ4v) is 2.54. The molecule has 20 heavy (non-hydrogen) atoms. The number of likely N-dealkylation sites (tertiary alicyclic amines) is 1. The molecule has 108 valence electrons. The summed E-state index contributed by atoms with van der Waals surface area (Å²) in [4.78, 5) is 25.5. The molecule has 0 N–H and O–H groups in total. The Morgan fingerprint density at radius 1 is 1.40 bits per heavy atom. The second-order valence-electron chi connectivity index (χ2n) is 4.66. The number of ether oxygens (including phenoxy) is 1. The van der Waals surface area contributed by atoms with Gasteiger partial charge in [-0.3, -0.25) is 4.79 Å². The van der Waals surface area contributed by atoms with Gasteiger partial charge in [0.15, 0.2) is 0 Å². The van der Waals surface area contributed by atoms with Gasteiger partial charge in [0.25, 0.3) is 5.91 Å². The number of rotatable bonds is 2. The Hall–Kier alpha value is -1.62. The molecule has 6 heteroatoms. The Morgan fingerprint density at radius 3 is 2.85 bits per heavy atom. The van der Waals surface area contributed by atoms with Crippen LogP contribution in [0, 0.1) is 5.82 Å². The number of esters is 1. The maximum absolute atomic E-state index is 13.8. The van der Waals surface area contributed by atoms with E-state index in [4.69, 9.17) is 16.3 Å². The van der Waals surface area contributed by atoms with Crippen LogP contribution in [0.3, 0.4) is 0 Å². The van der Waals surface area contributed by atoms with Crippen LogP contribution in [0.1, 0.15) is 29.6 Å². The summed E-state index contributed by atoms with van der Waals surface area (Å²) in [6.45, 7) is 0.407. The third-order valence-corrected chi connectivity index (χ3v) is 3.63. The molecule has 1 aromatic carbocycles. The molecule has 1 heterocycles. The number of benzene rings is 1. The number of methoxy groups -OCH3 is 1. The molecule has 0 saturated carbocycles. The SMILES string of the molecule is COC(=O)[C@H]1CCCCN1C(=O)c1cc(Cl)ccc1F. The number of carbonyl (C=O) groups is 2. The molecule has 0 bridgehead atoms. The van der Waals surface area contributed by atoms with E-state index in [2.05, 4.69) is 0 Å². The van der Waals surface area contributed by atoms with Crippen molar-refractivity contribution in [1.29, 1.82) is 0 Å². The standard InChI is InChI=1S/C14H15ClFNO3/c1-20-14(19)12-4-2-3-7-17(12)13(18)10-8-9(15)5-6-11(10)16/h5-6,8,12H,2-4,7H2,1H3/t12-/m1/s1. The summed E-state index contributed by atoms with van der Waals surface area (Å²) in [6, 6.07) is 3.15. The van der Waals surface area contributed by atoms with Gasteiger partial charge >= 0.3 is 5.97 Å². The number of piperidine rings is 1. The van der Waals surface area contributed by atoms with E-state index >= 15 is 0 Å². The van der Waals surface area contributed by atoms with Crippen LogP contribution in [0.2, 0.25) is 5.02 Å². The normalized spacial score (nSPS) is 18.8. The molecular formula is C14H15ClFNO3. The van der Waals surface area contributed by atoms with Crippen molar-refractivity contribution in [3.8, 4) is 0 Å². The van der Waals surface area contributed by atoms with Crippen LogP contribution in [-0.4, -0.2) is 36.5 Å². The highest BCUT2D eigenvalue weighted by Gasteiger charge is 2.34. The first kappa shape index (κ1) is 14.8. The molecule has 0 radical (unpaired) electrons. The average molecular weight is 300 g/mol.